The summed E-state index contributed by atoms with van der Waals surface area (Å²) >= 11 is 0. The summed E-state index contributed by atoms with van der Waals surface area (Å²) in [5, 5.41) is 6.87. The highest BCUT2D eigenvalue weighted by molar-refractivity contribution is 5.79. The second-order valence-electron chi connectivity index (χ2n) is 6.86. The third-order valence-corrected chi connectivity index (χ3v) is 5.16. The van der Waals surface area contributed by atoms with Crippen LogP contribution in [0.15, 0.2) is 4.99 Å². The normalized spacial score (nSPS) is 22.8. The SMILES string of the molecule is CCCCNC(=NCC1(N2CCOCC2)CCCCC1)NCC. The van der Waals surface area contributed by atoms with E-state index >= 15 is 0 Å². The predicted octanol–water partition coefficient (Wildman–Crippen LogP) is 2.38. The number of nitrogens with zero attached hydrogens (tertiary/aromatic N) is 2. The number of morpholine rings is 1. The van der Waals surface area contributed by atoms with Crippen LogP contribution in [0.5, 0.6) is 0 Å². The minimum Gasteiger partial charge on any atom is -0.379 e. The minimum absolute atomic E-state index is 0.259. The molecular weight excluding hydrogens is 288 g/mol. The maximum absolute atomic E-state index is 5.56. The van der Waals surface area contributed by atoms with Gasteiger partial charge in [0.15, 0.2) is 5.96 Å². The van der Waals surface area contributed by atoms with Crippen molar-refractivity contribution in [3.8, 4) is 0 Å². The summed E-state index contributed by atoms with van der Waals surface area (Å²) in [7, 11) is 0. The van der Waals surface area contributed by atoms with E-state index in [1.54, 1.807) is 0 Å². The molecular formula is C18H36N4O. The van der Waals surface area contributed by atoms with Crippen molar-refractivity contribution >= 4 is 5.96 Å². The van der Waals surface area contributed by atoms with E-state index in [4.69, 9.17) is 9.73 Å². The van der Waals surface area contributed by atoms with Gasteiger partial charge in [0.05, 0.1) is 19.8 Å². The topological polar surface area (TPSA) is 48.9 Å². The van der Waals surface area contributed by atoms with Crippen LogP contribution in [0.25, 0.3) is 0 Å². The van der Waals surface area contributed by atoms with E-state index in [1.807, 2.05) is 0 Å². The maximum atomic E-state index is 5.56. The molecule has 134 valence electrons. The van der Waals surface area contributed by atoms with Gasteiger partial charge in [0, 0.05) is 31.7 Å². The van der Waals surface area contributed by atoms with E-state index in [9.17, 15) is 0 Å². The first-order chi connectivity index (χ1) is 11.3. The Hall–Kier alpha value is -0.810. The highest BCUT2D eigenvalue weighted by Gasteiger charge is 2.38. The first-order valence-corrected chi connectivity index (χ1v) is 9.66. The van der Waals surface area contributed by atoms with Crippen molar-refractivity contribution in [2.75, 3.05) is 45.9 Å². The van der Waals surface area contributed by atoms with E-state index in [1.165, 1.54) is 44.9 Å². The lowest BCUT2D eigenvalue weighted by Gasteiger charge is -2.47. The fraction of sp³-hybridized carbons (Fsp3) is 0.944. The zero-order valence-corrected chi connectivity index (χ0v) is 15.2. The lowest BCUT2D eigenvalue weighted by atomic mass is 9.80. The first-order valence-electron chi connectivity index (χ1n) is 9.66. The number of ether oxygens (including phenoxy) is 1. The van der Waals surface area contributed by atoms with Crippen molar-refractivity contribution in [2.24, 2.45) is 4.99 Å². The van der Waals surface area contributed by atoms with Crippen LogP contribution in [-0.4, -0.2) is 62.3 Å². The molecule has 5 heteroatoms. The highest BCUT2D eigenvalue weighted by atomic mass is 16.5. The fourth-order valence-electron chi connectivity index (χ4n) is 3.77. The Morgan fingerprint density at radius 3 is 2.48 bits per heavy atom. The molecule has 0 bridgehead atoms. The molecule has 0 aromatic heterocycles. The summed E-state index contributed by atoms with van der Waals surface area (Å²) in [6, 6.07) is 0. The number of rotatable bonds is 7. The van der Waals surface area contributed by atoms with Crippen LogP contribution in [-0.2, 0) is 4.74 Å². The monoisotopic (exact) mass is 324 g/mol. The Labute approximate surface area is 142 Å². The van der Waals surface area contributed by atoms with Crippen molar-refractivity contribution in [1.29, 1.82) is 0 Å². The van der Waals surface area contributed by atoms with Crippen LogP contribution in [0.3, 0.4) is 0 Å². The van der Waals surface area contributed by atoms with E-state index < -0.39 is 0 Å². The van der Waals surface area contributed by atoms with Crippen molar-refractivity contribution in [1.82, 2.24) is 15.5 Å². The number of unbranched alkanes of at least 4 members (excludes halogenated alkanes) is 1. The number of hydrogen-bond donors (Lipinski definition) is 2. The fourth-order valence-corrected chi connectivity index (χ4v) is 3.77. The summed E-state index contributed by atoms with van der Waals surface area (Å²) < 4.78 is 5.56. The van der Waals surface area contributed by atoms with E-state index in [0.29, 0.717) is 0 Å². The van der Waals surface area contributed by atoms with Gasteiger partial charge in [0.25, 0.3) is 0 Å². The number of nitrogens with one attached hydrogen (secondary N) is 2. The molecule has 0 atom stereocenters. The smallest absolute Gasteiger partial charge is 0.191 e. The van der Waals surface area contributed by atoms with Gasteiger partial charge in [-0.25, -0.2) is 0 Å². The van der Waals surface area contributed by atoms with Crippen LogP contribution in [0.2, 0.25) is 0 Å². The Bertz CT molecular complexity index is 347. The van der Waals surface area contributed by atoms with Crippen LogP contribution < -0.4 is 10.6 Å². The molecule has 5 nitrogen and oxygen atoms in total. The van der Waals surface area contributed by atoms with Crippen LogP contribution in [0.4, 0.5) is 0 Å². The van der Waals surface area contributed by atoms with Gasteiger partial charge in [0.2, 0.25) is 0 Å². The van der Waals surface area contributed by atoms with Gasteiger partial charge >= 0.3 is 0 Å². The predicted molar refractivity (Wildman–Crippen MR) is 97.1 cm³/mol. The van der Waals surface area contributed by atoms with Crippen LogP contribution in [0, 0.1) is 0 Å². The van der Waals surface area contributed by atoms with Crippen molar-refractivity contribution in [3.63, 3.8) is 0 Å². The Morgan fingerprint density at radius 1 is 1.09 bits per heavy atom. The molecule has 2 aliphatic rings. The molecule has 0 spiro atoms. The molecule has 0 unspecified atom stereocenters. The van der Waals surface area contributed by atoms with Gasteiger partial charge < -0.3 is 15.4 Å². The van der Waals surface area contributed by atoms with Crippen molar-refractivity contribution in [2.45, 2.75) is 64.3 Å². The largest absolute Gasteiger partial charge is 0.379 e. The lowest BCUT2D eigenvalue weighted by molar-refractivity contribution is -0.0333. The summed E-state index contributed by atoms with van der Waals surface area (Å²) in [6.07, 6.45) is 9.03. The zero-order valence-electron chi connectivity index (χ0n) is 15.2. The Morgan fingerprint density at radius 2 is 1.83 bits per heavy atom. The third-order valence-electron chi connectivity index (χ3n) is 5.16. The van der Waals surface area contributed by atoms with Gasteiger partial charge in [-0.3, -0.25) is 9.89 Å². The summed E-state index contributed by atoms with van der Waals surface area (Å²) in [5.41, 5.74) is 0.259. The maximum Gasteiger partial charge on any atom is 0.191 e. The molecule has 0 amide bonds. The number of aliphatic imine (C=N–C) groups is 1. The minimum atomic E-state index is 0.259. The zero-order chi connectivity index (χ0) is 16.4. The third kappa shape index (κ3) is 5.64. The van der Waals surface area contributed by atoms with Gasteiger partial charge in [-0.15, -0.1) is 0 Å². The number of hydrogen-bond acceptors (Lipinski definition) is 3. The standard InChI is InChI=1S/C18H36N4O/c1-3-5-11-20-17(19-4-2)21-16-18(9-7-6-8-10-18)22-12-14-23-15-13-22/h3-16H2,1-2H3,(H2,19,20,21). The number of guanidine groups is 1. The molecule has 1 heterocycles. The second kappa shape index (κ2) is 10.1. The molecule has 0 aromatic carbocycles. The molecule has 1 saturated heterocycles. The summed E-state index contributed by atoms with van der Waals surface area (Å²) in [5.74, 6) is 0.985. The average molecular weight is 325 g/mol. The molecule has 2 rings (SSSR count). The summed E-state index contributed by atoms with van der Waals surface area (Å²) in [6.45, 7) is 11.1. The molecule has 1 saturated carbocycles. The molecule has 2 N–H and O–H groups in total. The molecule has 23 heavy (non-hydrogen) atoms. The van der Waals surface area contributed by atoms with E-state index in [2.05, 4.69) is 29.4 Å². The van der Waals surface area contributed by atoms with Gasteiger partial charge in [0.1, 0.15) is 0 Å². The molecule has 0 radical (unpaired) electrons. The molecule has 1 aliphatic carbocycles. The Balaban J connectivity index is 2.00. The van der Waals surface area contributed by atoms with Crippen LogP contribution >= 0.6 is 0 Å². The van der Waals surface area contributed by atoms with E-state index in [-0.39, 0.29) is 5.54 Å². The van der Waals surface area contributed by atoms with Crippen molar-refractivity contribution < 1.29 is 4.74 Å². The Kier molecular flexibility index (Phi) is 8.17. The van der Waals surface area contributed by atoms with Crippen LogP contribution in [0.1, 0.15) is 58.8 Å². The first kappa shape index (κ1) is 18.5. The summed E-state index contributed by atoms with van der Waals surface area (Å²) in [4.78, 5) is 7.63. The lowest BCUT2D eigenvalue weighted by Crippen LogP contribution is -2.56. The highest BCUT2D eigenvalue weighted by Crippen LogP contribution is 2.34. The average Bonchev–Trinajstić information content (AvgIpc) is 2.61. The van der Waals surface area contributed by atoms with Crippen molar-refractivity contribution in [3.05, 3.63) is 0 Å². The quantitative estimate of drug-likeness (QED) is 0.429. The second-order valence-corrected chi connectivity index (χ2v) is 6.86. The van der Waals surface area contributed by atoms with Gasteiger partial charge in [-0.2, -0.15) is 0 Å². The molecule has 0 aromatic rings. The molecule has 1 aliphatic heterocycles. The molecule has 2 fully saturated rings. The van der Waals surface area contributed by atoms with Gasteiger partial charge in [-0.1, -0.05) is 32.6 Å². The van der Waals surface area contributed by atoms with E-state index in [0.717, 1.165) is 51.9 Å². The van der Waals surface area contributed by atoms with Gasteiger partial charge in [-0.05, 0) is 26.2 Å².